The van der Waals surface area contributed by atoms with Crippen LogP contribution in [0.3, 0.4) is 0 Å². The summed E-state index contributed by atoms with van der Waals surface area (Å²) in [6, 6.07) is 11.9. The standard InChI is InChI=1S/C17H14ClN3O3/c1-20-10-13(9-19-20)16-8-15(21(22)23)6-7-17(16)24-11-12-2-4-14(18)5-3-12/h2-10H,11H2,1H3. The summed E-state index contributed by atoms with van der Waals surface area (Å²) in [5.74, 6) is 0.559. The van der Waals surface area contributed by atoms with Crippen LogP contribution in [0.5, 0.6) is 5.75 Å². The Labute approximate surface area is 143 Å². The maximum absolute atomic E-state index is 11.0. The molecule has 3 rings (SSSR count). The number of nitro benzene ring substituents is 1. The maximum Gasteiger partial charge on any atom is 0.270 e. The zero-order valence-electron chi connectivity index (χ0n) is 12.8. The van der Waals surface area contributed by atoms with Gasteiger partial charge in [0, 0.05) is 41.5 Å². The normalized spacial score (nSPS) is 10.6. The van der Waals surface area contributed by atoms with Crippen molar-refractivity contribution in [2.45, 2.75) is 6.61 Å². The van der Waals surface area contributed by atoms with Gasteiger partial charge < -0.3 is 4.74 Å². The molecule has 1 aromatic heterocycles. The van der Waals surface area contributed by atoms with Crippen LogP contribution in [0, 0.1) is 10.1 Å². The number of halogens is 1. The van der Waals surface area contributed by atoms with Crippen molar-refractivity contribution in [2.75, 3.05) is 0 Å². The zero-order chi connectivity index (χ0) is 17.1. The first-order chi connectivity index (χ1) is 11.5. The van der Waals surface area contributed by atoms with Gasteiger partial charge in [-0.15, -0.1) is 0 Å². The number of ether oxygens (including phenoxy) is 1. The lowest BCUT2D eigenvalue weighted by molar-refractivity contribution is -0.384. The van der Waals surface area contributed by atoms with Gasteiger partial charge in [-0.05, 0) is 23.8 Å². The molecule has 3 aromatic rings. The van der Waals surface area contributed by atoms with Crippen LogP contribution in [0.4, 0.5) is 5.69 Å². The van der Waals surface area contributed by atoms with Gasteiger partial charge in [0.2, 0.25) is 0 Å². The van der Waals surface area contributed by atoms with E-state index in [2.05, 4.69) is 5.10 Å². The minimum absolute atomic E-state index is 0.00713. The highest BCUT2D eigenvalue weighted by Gasteiger charge is 2.15. The van der Waals surface area contributed by atoms with Gasteiger partial charge in [-0.1, -0.05) is 23.7 Å². The Morgan fingerprint density at radius 2 is 2.00 bits per heavy atom. The molecule has 122 valence electrons. The molecule has 0 bridgehead atoms. The van der Waals surface area contributed by atoms with Gasteiger partial charge in [0.15, 0.2) is 0 Å². The molecule has 0 aliphatic carbocycles. The van der Waals surface area contributed by atoms with E-state index in [1.807, 2.05) is 12.1 Å². The van der Waals surface area contributed by atoms with Crippen molar-refractivity contribution in [3.05, 3.63) is 75.6 Å². The highest BCUT2D eigenvalue weighted by atomic mass is 35.5. The predicted octanol–water partition coefficient (Wildman–Crippen LogP) is 4.23. The topological polar surface area (TPSA) is 70.2 Å². The number of nitrogens with zero attached hydrogens (tertiary/aromatic N) is 3. The van der Waals surface area contributed by atoms with Gasteiger partial charge in [-0.25, -0.2) is 0 Å². The fourth-order valence-corrected chi connectivity index (χ4v) is 2.41. The smallest absolute Gasteiger partial charge is 0.270 e. The highest BCUT2D eigenvalue weighted by molar-refractivity contribution is 6.30. The van der Waals surface area contributed by atoms with Gasteiger partial charge in [0.05, 0.1) is 11.1 Å². The molecule has 24 heavy (non-hydrogen) atoms. The quantitative estimate of drug-likeness (QED) is 0.513. The molecular formula is C17H14ClN3O3. The first-order valence-corrected chi connectivity index (χ1v) is 7.55. The number of benzene rings is 2. The van der Waals surface area contributed by atoms with Crippen LogP contribution in [0.1, 0.15) is 5.56 Å². The summed E-state index contributed by atoms with van der Waals surface area (Å²) in [5.41, 5.74) is 2.35. The van der Waals surface area contributed by atoms with Gasteiger partial charge >= 0.3 is 0 Å². The molecule has 6 nitrogen and oxygen atoms in total. The third-order valence-corrected chi connectivity index (χ3v) is 3.75. The minimum Gasteiger partial charge on any atom is -0.488 e. The summed E-state index contributed by atoms with van der Waals surface area (Å²) in [6.45, 7) is 0.336. The summed E-state index contributed by atoms with van der Waals surface area (Å²) in [7, 11) is 1.79. The third kappa shape index (κ3) is 3.55. The van der Waals surface area contributed by atoms with Crippen LogP contribution >= 0.6 is 11.6 Å². The van der Waals surface area contributed by atoms with E-state index >= 15 is 0 Å². The fourth-order valence-electron chi connectivity index (χ4n) is 2.29. The van der Waals surface area contributed by atoms with E-state index in [4.69, 9.17) is 16.3 Å². The molecule has 0 atom stereocenters. The zero-order valence-corrected chi connectivity index (χ0v) is 13.6. The number of aromatic nitrogens is 2. The summed E-state index contributed by atoms with van der Waals surface area (Å²) >= 11 is 5.87. The van der Waals surface area contributed by atoms with Gasteiger partial charge in [-0.3, -0.25) is 14.8 Å². The number of non-ortho nitro benzene ring substituents is 1. The van der Waals surface area contributed by atoms with Crippen molar-refractivity contribution in [3.63, 3.8) is 0 Å². The second-order valence-corrected chi connectivity index (χ2v) is 5.69. The molecule has 2 aromatic carbocycles. The lowest BCUT2D eigenvalue weighted by Gasteiger charge is -2.11. The first kappa shape index (κ1) is 16.0. The molecule has 0 aliphatic heterocycles. The van der Waals surface area contributed by atoms with E-state index in [9.17, 15) is 10.1 Å². The number of hydrogen-bond acceptors (Lipinski definition) is 4. The van der Waals surface area contributed by atoms with E-state index in [0.717, 1.165) is 11.1 Å². The van der Waals surface area contributed by atoms with Crippen LogP contribution in [-0.4, -0.2) is 14.7 Å². The predicted molar refractivity (Wildman–Crippen MR) is 91.1 cm³/mol. The average Bonchev–Trinajstić information content (AvgIpc) is 3.00. The summed E-state index contributed by atoms with van der Waals surface area (Å²) < 4.78 is 7.49. The SMILES string of the molecule is Cn1cc(-c2cc([N+](=O)[O-])ccc2OCc2ccc(Cl)cc2)cn1. The van der Waals surface area contributed by atoms with E-state index < -0.39 is 4.92 Å². The van der Waals surface area contributed by atoms with Gasteiger partial charge in [0.1, 0.15) is 12.4 Å². The number of hydrogen-bond donors (Lipinski definition) is 0. The number of aryl methyl sites for hydroxylation is 1. The monoisotopic (exact) mass is 343 g/mol. The lowest BCUT2D eigenvalue weighted by atomic mass is 10.1. The first-order valence-electron chi connectivity index (χ1n) is 7.17. The highest BCUT2D eigenvalue weighted by Crippen LogP contribution is 2.33. The Bertz CT molecular complexity index is 875. The fraction of sp³-hybridized carbons (Fsp3) is 0.118. The average molecular weight is 344 g/mol. The summed E-state index contributed by atoms with van der Waals surface area (Å²) in [4.78, 5) is 10.6. The number of rotatable bonds is 5. The van der Waals surface area contributed by atoms with Crippen LogP contribution in [0.15, 0.2) is 54.9 Å². The van der Waals surface area contributed by atoms with Crippen molar-refractivity contribution in [1.29, 1.82) is 0 Å². The van der Waals surface area contributed by atoms with Crippen molar-refractivity contribution < 1.29 is 9.66 Å². The van der Waals surface area contributed by atoms with Crippen LogP contribution in [0.25, 0.3) is 11.1 Å². The van der Waals surface area contributed by atoms with E-state index in [-0.39, 0.29) is 5.69 Å². The van der Waals surface area contributed by atoms with Crippen molar-refractivity contribution >= 4 is 17.3 Å². The molecule has 0 spiro atoms. The van der Waals surface area contributed by atoms with Crippen molar-refractivity contribution in [3.8, 4) is 16.9 Å². The van der Waals surface area contributed by atoms with Crippen molar-refractivity contribution in [1.82, 2.24) is 9.78 Å². The molecule has 0 unspecified atom stereocenters. The van der Waals surface area contributed by atoms with Crippen LogP contribution < -0.4 is 4.74 Å². The Kier molecular flexibility index (Phi) is 4.48. The van der Waals surface area contributed by atoms with E-state index in [1.54, 1.807) is 42.3 Å². The van der Waals surface area contributed by atoms with Crippen molar-refractivity contribution in [2.24, 2.45) is 7.05 Å². The largest absolute Gasteiger partial charge is 0.488 e. The second-order valence-electron chi connectivity index (χ2n) is 5.26. The van der Waals surface area contributed by atoms with Crippen LogP contribution in [-0.2, 0) is 13.7 Å². The number of nitro groups is 1. The van der Waals surface area contributed by atoms with E-state index in [0.29, 0.717) is 22.9 Å². The minimum atomic E-state index is -0.428. The Morgan fingerprint density at radius 3 is 2.62 bits per heavy atom. The molecular weight excluding hydrogens is 330 g/mol. The molecule has 0 aliphatic rings. The molecule has 0 saturated heterocycles. The maximum atomic E-state index is 11.0. The molecule has 0 N–H and O–H groups in total. The molecule has 0 saturated carbocycles. The summed E-state index contributed by atoms with van der Waals surface area (Å²) in [5, 5.41) is 15.8. The second kappa shape index (κ2) is 6.72. The molecule has 1 heterocycles. The molecule has 7 heteroatoms. The third-order valence-electron chi connectivity index (χ3n) is 3.50. The molecule has 0 amide bonds. The van der Waals surface area contributed by atoms with E-state index in [1.165, 1.54) is 12.1 Å². The van der Waals surface area contributed by atoms with Crippen LogP contribution in [0.2, 0.25) is 5.02 Å². The Balaban J connectivity index is 1.91. The Morgan fingerprint density at radius 1 is 1.25 bits per heavy atom. The lowest BCUT2D eigenvalue weighted by Crippen LogP contribution is -1.98. The molecule has 0 radical (unpaired) electrons. The van der Waals surface area contributed by atoms with Gasteiger partial charge in [-0.2, -0.15) is 5.10 Å². The molecule has 0 fully saturated rings. The summed E-state index contributed by atoms with van der Waals surface area (Å²) in [6.07, 6.45) is 3.43. The Hall–Kier alpha value is -2.86. The van der Waals surface area contributed by atoms with Gasteiger partial charge in [0.25, 0.3) is 5.69 Å².